The van der Waals surface area contributed by atoms with Gasteiger partial charge in [-0.1, -0.05) is 6.07 Å². The van der Waals surface area contributed by atoms with E-state index in [0.29, 0.717) is 0 Å². The fourth-order valence-electron chi connectivity index (χ4n) is 2.94. The van der Waals surface area contributed by atoms with Crippen molar-refractivity contribution in [2.75, 3.05) is 29.9 Å². The summed E-state index contributed by atoms with van der Waals surface area (Å²) in [7, 11) is 2.02. The van der Waals surface area contributed by atoms with Gasteiger partial charge < -0.3 is 14.9 Å². The first-order valence-electron chi connectivity index (χ1n) is 8.39. The first kappa shape index (κ1) is 16.6. The minimum Gasteiger partial charge on any atom is -0.390 e. The van der Waals surface area contributed by atoms with Crippen molar-refractivity contribution in [1.82, 2.24) is 15.0 Å². The summed E-state index contributed by atoms with van der Waals surface area (Å²) in [5.41, 5.74) is 0.450. The number of hydrogen-bond donors (Lipinski definition) is 1. The maximum absolute atomic E-state index is 10.1. The van der Waals surface area contributed by atoms with Crippen molar-refractivity contribution in [1.29, 1.82) is 0 Å². The molecule has 2 aromatic heterocycles. The zero-order valence-electron chi connectivity index (χ0n) is 14.6. The largest absolute Gasteiger partial charge is 0.390 e. The smallest absolute Gasteiger partial charge is 0.134 e. The highest BCUT2D eigenvalue weighted by molar-refractivity contribution is 5.51. The van der Waals surface area contributed by atoms with Crippen LogP contribution in [0.1, 0.15) is 38.4 Å². The third-order valence-electron chi connectivity index (χ3n) is 4.86. The van der Waals surface area contributed by atoms with Gasteiger partial charge in [-0.3, -0.25) is 4.98 Å². The summed E-state index contributed by atoms with van der Waals surface area (Å²) in [6, 6.07) is 8.08. The summed E-state index contributed by atoms with van der Waals surface area (Å²) >= 11 is 0. The lowest BCUT2D eigenvalue weighted by molar-refractivity contribution is 0.0350. The maximum atomic E-state index is 10.1. The Labute approximate surface area is 143 Å². The van der Waals surface area contributed by atoms with Crippen LogP contribution in [0, 0.1) is 0 Å². The van der Waals surface area contributed by atoms with Gasteiger partial charge >= 0.3 is 0 Å². The van der Waals surface area contributed by atoms with Crippen LogP contribution in [-0.2, 0) is 0 Å². The standard InChI is InChI=1S/C18H25N5O/c1-14(15-6-4-5-9-19-15)22(3)16-12-17(21-13-20-16)23-10-7-18(2,24)8-11-23/h4-6,9,12-14,24H,7-8,10-11H2,1-3H3/t14-/m0/s1. The summed E-state index contributed by atoms with van der Waals surface area (Å²) in [4.78, 5) is 17.6. The van der Waals surface area contributed by atoms with Crippen molar-refractivity contribution in [2.45, 2.75) is 38.3 Å². The molecule has 0 saturated carbocycles. The summed E-state index contributed by atoms with van der Waals surface area (Å²) < 4.78 is 0. The second kappa shape index (κ2) is 6.73. The molecule has 1 saturated heterocycles. The van der Waals surface area contributed by atoms with E-state index in [0.717, 1.165) is 43.3 Å². The normalized spacial score (nSPS) is 18.2. The maximum Gasteiger partial charge on any atom is 0.134 e. The van der Waals surface area contributed by atoms with Gasteiger partial charge in [0, 0.05) is 32.4 Å². The highest BCUT2D eigenvalue weighted by atomic mass is 16.3. The molecule has 1 aliphatic heterocycles. The average molecular weight is 327 g/mol. The Bertz CT molecular complexity index is 666. The number of rotatable bonds is 4. The van der Waals surface area contributed by atoms with Gasteiger partial charge in [-0.05, 0) is 38.8 Å². The SMILES string of the molecule is C[C@@H](c1ccccn1)N(C)c1cc(N2CCC(C)(O)CC2)ncn1. The van der Waals surface area contributed by atoms with Crippen LogP contribution in [0.4, 0.5) is 11.6 Å². The van der Waals surface area contributed by atoms with Gasteiger partial charge in [0.05, 0.1) is 17.3 Å². The predicted octanol–water partition coefficient (Wildman–Crippen LogP) is 2.42. The summed E-state index contributed by atoms with van der Waals surface area (Å²) in [5, 5.41) is 10.1. The van der Waals surface area contributed by atoms with Crippen LogP contribution in [0.3, 0.4) is 0 Å². The molecule has 0 bridgehead atoms. The molecule has 0 aromatic carbocycles. The minimum atomic E-state index is -0.559. The van der Waals surface area contributed by atoms with E-state index in [1.165, 1.54) is 0 Å². The molecule has 2 aromatic rings. The molecule has 1 atom stereocenters. The number of piperidine rings is 1. The third-order valence-corrected chi connectivity index (χ3v) is 4.86. The molecule has 1 fully saturated rings. The van der Waals surface area contributed by atoms with Crippen LogP contribution in [0.5, 0.6) is 0 Å². The van der Waals surface area contributed by atoms with Gasteiger partial charge in [0.15, 0.2) is 0 Å². The van der Waals surface area contributed by atoms with Gasteiger partial charge in [0.2, 0.25) is 0 Å². The van der Waals surface area contributed by atoms with Crippen LogP contribution in [-0.4, -0.2) is 45.8 Å². The van der Waals surface area contributed by atoms with E-state index in [1.807, 2.05) is 44.4 Å². The van der Waals surface area contributed by atoms with Crippen molar-refractivity contribution in [3.8, 4) is 0 Å². The Balaban J connectivity index is 1.75. The Morgan fingerprint density at radius 2 is 1.96 bits per heavy atom. The van der Waals surface area contributed by atoms with Crippen molar-refractivity contribution in [2.24, 2.45) is 0 Å². The Morgan fingerprint density at radius 1 is 1.21 bits per heavy atom. The molecule has 1 aliphatic rings. The van der Waals surface area contributed by atoms with Gasteiger partial charge in [-0.2, -0.15) is 0 Å². The van der Waals surface area contributed by atoms with Gasteiger partial charge in [-0.25, -0.2) is 9.97 Å². The summed E-state index contributed by atoms with van der Waals surface area (Å²) in [6.07, 6.45) is 4.93. The molecule has 3 rings (SSSR count). The average Bonchev–Trinajstić information content (AvgIpc) is 2.61. The number of anilines is 2. The van der Waals surface area contributed by atoms with Crippen molar-refractivity contribution >= 4 is 11.6 Å². The fourth-order valence-corrected chi connectivity index (χ4v) is 2.94. The molecule has 0 radical (unpaired) electrons. The van der Waals surface area contributed by atoms with Crippen LogP contribution in [0.25, 0.3) is 0 Å². The summed E-state index contributed by atoms with van der Waals surface area (Å²) in [5.74, 6) is 1.78. The second-order valence-corrected chi connectivity index (χ2v) is 6.76. The number of pyridine rings is 1. The molecule has 6 nitrogen and oxygen atoms in total. The van der Waals surface area contributed by atoms with E-state index in [1.54, 1.807) is 6.33 Å². The zero-order chi connectivity index (χ0) is 17.2. The van der Waals surface area contributed by atoms with E-state index in [-0.39, 0.29) is 6.04 Å². The summed E-state index contributed by atoms with van der Waals surface area (Å²) in [6.45, 7) is 5.63. The van der Waals surface area contributed by atoms with Gasteiger partial charge in [-0.15, -0.1) is 0 Å². The molecule has 24 heavy (non-hydrogen) atoms. The number of aliphatic hydroxyl groups is 1. The van der Waals surface area contributed by atoms with Crippen molar-refractivity contribution < 1.29 is 5.11 Å². The van der Waals surface area contributed by atoms with Gasteiger partial charge in [0.1, 0.15) is 18.0 Å². The van der Waals surface area contributed by atoms with E-state index in [2.05, 4.69) is 31.7 Å². The van der Waals surface area contributed by atoms with Crippen LogP contribution in [0.15, 0.2) is 36.8 Å². The van der Waals surface area contributed by atoms with E-state index in [4.69, 9.17) is 0 Å². The molecule has 1 N–H and O–H groups in total. The first-order valence-corrected chi connectivity index (χ1v) is 8.39. The molecule has 0 spiro atoms. The van der Waals surface area contributed by atoms with Crippen LogP contribution >= 0.6 is 0 Å². The predicted molar refractivity (Wildman–Crippen MR) is 95.2 cm³/mol. The van der Waals surface area contributed by atoms with E-state index >= 15 is 0 Å². The Kier molecular flexibility index (Phi) is 4.66. The second-order valence-electron chi connectivity index (χ2n) is 6.76. The molecular formula is C18H25N5O. The molecular weight excluding hydrogens is 302 g/mol. The topological polar surface area (TPSA) is 65.4 Å². The number of hydrogen-bond acceptors (Lipinski definition) is 6. The van der Waals surface area contributed by atoms with Crippen molar-refractivity contribution in [3.63, 3.8) is 0 Å². The monoisotopic (exact) mass is 327 g/mol. The Hall–Kier alpha value is -2.21. The number of nitrogens with zero attached hydrogens (tertiary/aromatic N) is 5. The fraction of sp³-hybridized carbons (Fsp3) is 0.500. The van der Waals surface area contributed by atoms with Gasteiger partial charge in [0.25, 0.3) is 0 Å². The lowest BCUT2D eigenvalue weighted by atomic mass is 9.94. The molecule has 3 heterocycles. The van der Waals surface area contributed by atoms with Crippen LogP contribution < -0.4 is 9.80 Å². The lowest BCUT2D eigenvalue weighted by Crippen LogP contribution is -2.42. The highest BCUT2D eigenvalue weighted by Gasteiger charge is 2.28. The molecule has 0 unspecified atom stereocenters. The molecule has 0 aliphatic carbocycles. The quantitative estimate of drug-likeness (QED) is 0.930. The third kappa shape index (κ3) is 3.64. The zero-order valence-corrected chi connectivity index (χ0v) is 14.6. The van der Waals surface area contributed by atoms with E-state index in [9.17, 15) is 5.11 Å². The number of aromatic nitrogens is 3. The first-order chi connectivity index (χ1) is 11.5. The molecule has 0 amide bonds. The van der Waals surface area contributed by atoms with E-state index < -0.39 is 5.60 Å². The molecule has 128 valence electrons. The highest BCUT2D eigenvalue weighted by Crippen LogP contribution is 2.28. The Morgan fingerprint density at radius 3 is 2.62 bits per heavy atom. The minimum absolute atomic E-state index is 0.121. The lowest BCUT2D eigenvalue weighted by Gasteiger charge is -2.36. The molecule has 6 heteroatoms. The van der Waals surface area contributed by atoms with Crippen molar-refractivity contribution in [3.05, 3.63) is 42.5 Å². The van der Waals surface area contributed by atoms with Crippen LogP contribution in [0.2, 0.25) is 0 Å².